The quantitative estimate of drug-likeness (QED) is 0.894. The summed E-state index contributed by atoms with van der Waals surface area (Å²) >= 11 is 0. The largest absolute Gasteiger partial charge is 0.481 e. The molecule has 1 aromatic rings. The van der Waals surface area contributed by atoms with E-state index in [4.69, 9.17) is 5.11 Å². The lowest BCUT2D eigenvalue weighted by molar-refractivity contribution is -0.141. The first kappa shape index (κ1) is 13.1. The van der Waals surface area contributed by atoms with Gasteiger partial charge in [-0.3, -0.25) is 9.59 Å². The van der Waals surface area contributed by atoms with Gasteiger partial charge in [0.05, 0.1) is 12.2 Å². The minimum Gasteiger partial charge on any atom is -0.481 e. The molecular formula is C14H19N3O3. The third-order valence-electron chi connectivity index (χ3n) is 4.74. The van der Waals surface area contributed by atoms with Crippen LogP contribution < -0.4 is 0 Å². The average Bonchev–Trinajstić information content (AvgIpc) is 3.11. The van der Waals surface area contributed by atoms with E-state index in [2.05, 4.69) is 4.98 Å². The van der Waals surface area contributed by atoms with Gasteiger partial charge in [0, 0.05) is 25.5 Å². The number of aliphatic carboxylic acids is 1. The third-order valence-corrected chi connectivity index (χ3v) is 4.74. The summed E-state index contributed by atoms with van der Waals surface area (Å²) in [4.78, 5) is 29.3. The maximum Gasteiger partial charge on any atom is 0.306 e. The maximum atomic E-state index is 12.5. The van der Waals surface area contributed by atoms with Crippen LogP contribution in [0.5, 0.6) is 0 Å². The van der Waals surface area contributed by atoms with Crippen LogP contribution in [0.25, 0.3) is 0 Å². The van der Waals surface area contributed by atoms with Gasteiger partial charge in [0.15, 0.2) is 0 Å². The van der Waals surface area contributed by atoms with Crippen LogP contribution in [-0.4, -0.2) is 44.5 Å². The summed E-state index contributed by atoms with van der Waals surface area (Å²) in [5.74, 6) is -0.0910. The van der Waals surface area contributed by atoms with Gasteiger partial charge in [0.25, 0.3) is 0 Å². The lowest BCUT2D eigenvalue weighted by Gasteiger charge is -2.22. The lowest BCUT2D eigenvalue weighted by atomic mass is 10.0. The van der Waals surface area contributed by atoms with Crippen molar-refractivity contribution < 1.29 is 14.7 Å². The first-order chi connectivity index (χ1) is 9.56. The van der Waals surface area contributed by atoms with Crippen molar-refractivity contribution in [3.8, 4) is 0 Å². The molecule has 1 aliphatic carbocycles. The van der Waals surface area contributed by atoms with E-state index in [0.29, 0.717) is 37.8 Å². The molecule has 2 heterocycles. The average molecular weight is 277 g/mol. The smallest absolute Gasteiger partial charge is 0.306 e. The summed E-state index contributed by atoms with van der Waals surface area (Å²) in [6.45, 7) is 3.27. The van der Waals surface area contributed by atoms with Crippen LogP contribution >= 0.6 is 0 Å². The van der Waals surface area contributed by atoms with Crippen LogP contribution in [0.15, 0.2) is 18.7 Å². The molecule has 4 atom stereocenters. The number of carboxylic acids is 1. The van der Waals surface area contributed by atoms with Crippen LogP contribution in [0.1, 0.15) is 25.8 Å². The van der Waals surface area contributed by atoms with Gasteiger partial charge in [-0.1, -0.05) is 0 Å². The summed E-state index contributed by atoms with van der Waals surface area (Å²) in [7, 11) is 0. The van der Waals surface area contributed by atoms with Gasteiger partial charge in [-0.25, -0.2) is 4.98 Å². The summed E-state index contributed by atoms with van der Waals surface area (Å²) in [6, 6.07) is -0.244. The molecule has 0 aromatic carbocycles. The number of aromatic nitrogens is 2. The molecule has 108 valence electrons. The maximum absolute atomic E-state index is 12.5. The molecule has 2 unspecified atom stereocenters. The second-order valence-corrected chi connectivity index (χ2v) is 5.96. The van der Waals surface area contributed by atoms with Crippen molar-refractivity contribution in [2.24, 2.45) is 17.8 Å². The molecule has 3 rings (SSSR count). The molecule has 2 aliphatic rings. The molecule has 0 radical (unpaired) electrons. The molecule has 1 saturated heterocycles. The van der Waals surface area contributed by atoms with Crippen LogP contribution in [0.3, 0.4) is 0 Å². The van der Waals surface area contributed by atoms with Crippen molar-refractivity contribution in [3.63, 3.8) is 0 Å². The molecule has 1 amide bonds. The fourth-order valence-electron chi connectivity index (χ4n) is 3.57. The van der Waals surface area contributed by atoms with Crippen LogP contribution in [0.2, 0.25) is 0 Å². The van der Waals surface area contributed by atoms with E-state index in [1.807, 2.05) is 11.8 Å². The Morgan fingerprint density at radius 1 is 1.30 bits per heavy atom. The van der Waals surface area contributed by atoms with E-state index in [-0.39, 0.29) is 17.9 Å². The van der Waals surface area contributed by atoms with Gasteiger partial charge in [0.1, 0.15) is 6.04 Å². The highest BCUT2D eigenvalue weighted by molar-refractivity contribution is 5.80. The number of hydrogen-bond donors (Lipinski definition) is 1. The zero-order valence-corrected chi connectivity index (χ0v) is 11.5. The van der Waals surface area contributed by atoms with Crippen molar-refractivity contribution >= 4 is 11.9 Å². The zero-order chi connectivity index (χ0) is 14.3. The Labute approximate surface area is 117 Å². The van der Waals surface area contributed by atoms with Gasteiger partial charge in [0.2, 0.25) is 5.91 Å². The Hall–Kier alpha value is -1.85. The Morgan fingerprint density at radius 2 is 1.95 bits per heavy atom. The van der Waals surface area contributed by atoms with Crippen LogP contribution in [-0.2, 0) is 9.59 Å². The van der Waals surface area contributed by atoms with E-state index in [9.17, 15) is 9.59 Å². The monoisotopic (exact) mass is 277 g/mol. The Bertz CT molecular complexity index is 500. The van der Waals surface area contributed by atoms with Crippen molar-refractivity contribution in [1.29, 1.82) is 0 Å². The molecule has 1 aromatic heterocycles. The molecule has 0 bridgehead atoms. The molecule has 0 spiro atoms. The molecule has 1 N–H and O–H groups in total. The summed E-state index contributed by atoms with van der Waals surface area (Å²) in [6.07, 6.45) is 6.53. The Kier molecular flexibility index (Phi) is 3.23. The summed E-state index contributed by atoms with van der Waals surface area (Å²) in [5, 5.41) is 9.07. The molecular weight excluding hydrogens is 258 g/mol. The number of likely N-dealkylation sites (tertiary alicyclic amines) is 1. The Balaban J connectivity index is 1.62. The highest BCUT2D eigenvalue weighted by Gasteiger charge is 2.45. The zero-order valence-electron chi connectivity index (χ0n) is 11.5. The number of fused-ring (bicyclic) bond motifs is 1. The highest BCUT2D eigenvalue weighted by Crippen LogP contribution is 2.42. The van der Waals surface area contributed by atoms with E-state index in [1.165, 1.54) is 0 Å². The number of imidazole rings is 1. The summed E-state index contributed by atoms with van der Waals surface area (Å²) < 4.78 is 1.80. The van der Waals surface area contributed by atoms with Crippen molar-refractivity contribution in [1.82, 2.24) is 14.5 Å². The SMILES string of the molecule is CC(C(=O)N1C[C@H]2CC(C(=O)O)C[C@H]2C1)n1ccnc1. The van der Waals surface area contributed by atoms with E-state index in [1.54, 1.807) is 23.3 Å². The first-order valence-corrected chi connectivity index (χ1v) is 7.05. The van der Waals surface area contributed by atoms with Gasteiger partial charge in [-0.2, -0.15) is 0 Å². The molecule has 1 saturated carbocycles. The van der Waals surface area contributed by atoms with Crippen molar-refractivity contribution in [3.05, 3.63) is 18.7 Å². The number of nitrogens with zero attached hydrogens (tertiary/aromatic N) is 3. The number of carbonyl (C=O) groups excluding carboxylic acids is 1. The minimum absolute atomic E-state index is 0.101. The molecule has 1 aliphatic heterocycles. The van der Waals surface area contributed by atoms with Crippen molar-refractivity contribution in [2.75, 3.05) is 13.1 Å². The number of hydrogen-bond acceptors (Lipinski definition) is 3. The van der Waals surface area contributed by atoms with Gasteiger partial charge >= 0.3 is 5.97 Å². The predicted octanol–water partition coefficient (Wildman–Crippen LogP) is 1.01. The van der Waals surface area contributed by atoms with Crippen molar-refractivity contribution in [2.45, 2.75) is 25.8 Å². The standard InChI is InChI=1S/C14H19N3O3/c1-9(16-3-2-15-8-16)13(18)17-6-11-4-10(14(19)20)5-12(11)7-17/h2-3,8-12H,4-7H2,1H3,(H,19,20)/t9?,10?,11-,12+. The van der Waals surface area contributed by atoms with Crippen LogP contribution in [0, 0.1) is 17.8 Å². The van der Waals surface area contributed by atoms with Gasteiger partial charge in [-0.05, 0) is 31.6 Å². The molecule has 6 heteroatoms. The first-order valence-electron chi connectivity index (χ1n) is 7.05. The summed E-state index contributed by atoms with van der Waals surface area (Å²) in [5.41, 5.74) is 0. The second kappa shape index (κ2) is 4.92. The van der Waals surface area contributed by atoms with E-state index in [0.717, 1.165) is 0 Å². The van der Waals surface area contributed by atoms with E-state index >= 15 is 0 Å². The Morgan fingerprint density at radius 3 is 2.45 bits per heavy atom. The fourth-order valence-corrected chi connectivity index (χ4v) is 3.57. The third kappa shape index (κ3) is 2.19. The number of carboxylic acid groups (broad SMARTS) is 1. The second-order valence-electron chi connectivity index (χ2n) is 5.96. The van der Waals surface area contributed by atoms with E-state index < -0.39 is 5.97 Å². The minimum atomic E-state index is -0.691. The number of amides is 1. The highest BCUT2D eigenvalue weighted by atomic mass is 16.4. The number of rotatable bonds is 3. The van der Waals surface area contributed by atoms with Crippen LogP contribution in [0.4, 0.5) is 0 Å². The predicted molar refractivity (Wildman–Crippen MR) is 70.9 cm³/mol. The number of carbonyl (C=O) groups is 2. The molecule has 6 nitrogen and oxygen atoms in total. The molecule has 2 fully saturated rings. The van der Waals surface area contributed by atoms with Gasteiger partial charge < -0.3 is 14.6 Å². The van der Waals surface area contributed by atoms with Gasteiger partial charge in [-0.15, -0.1) is 0 Å². The lowest BCUT2D eigenvalue weighted by Crippen LogP contribution is -2.35. The normalized spacial score (nSPS) is 30.2. The topological polar surface area (TPSA) is 75.4 Å². The molecule has 20 heavy (non-hydrogen) atoms. The fraction of sp³-hybridized carbons (Fsp3) is 0.643.